The molecule has 96 valence electrons. The molecule has 0 atom stereocenters. The topological polar surface area (TPSA) is 74.2 Å². The molecule has 0 fully saturated rings. The third kappa shape index (κ3) is 2.26. The first-order valence-electron chi connectivity index (χ1n) is 5.73. The van der Waals surface area contributed by atoms with E-state index in [2.05, 4.69) is 31.0 Å². The largest absolute Gasteiger partial charge is 0.496 e. The number of aromatic nitrogens is 1. The lowest BCUT2D eigenvalue weighted by Gasteiger charge is -2.11. The third-order valence-corrected chi connectivity index (χ3v) is 3.74. The first-order chi connectivity index (χ1) is 8.52. The fourth-order valence-electron chi connectivity index (χ4n) is 1.80. The Labute approximate surface area is 111 Å². The number of nitrogens with two attached hydrogens (primary N) is 2. The second kappa shape index (κ2) is 4.86. The van der Waals surface area contributed by atoms with Crippen molar-refractivity contribution in [1.82, 2.24) is 4.98 Å². The first kappa shape index (κ1) is 12.7. The van der Waals surface area contributed by atoms with Crippen LogP contribution in [0.5, 0.6) is 5.75 Å². The summed E-state index contributed by atoms with van der Waals surface area (Å²) in [5, 5.41) is 0.472. The summed E-state index contributed by atoms with van der Waals surface area (Å²) < 4.78 is 5.38. The lowest BCUT2D eigenvalue weighted by Crippen LogP contribution is -1.94. The van der Waals surface area contributed by atoms with Crippen molar-refractivity contribution in [2.45, 2.75) is 19.8 Å². The van der Waals surface area contributed by atoms with E-state index in [1.54, 1.807) is 7.11 Å². The number of nitrogen functional groups attached to an aromatic ring is 2. The van der Waals surface area contributed by atoms with Gasteiger partial charge in [0.05, 0.1) is 12.0 Å². The molecule has 0 saturated heterocycles. The third-order valence-electron chi connectivity index (χ3n) is 2.80. The molecule has 0 aliphatic rings. The summed E-state index contributed by atoms with van der Waals surface area (Å²) in [7, 11) is 1.65. The molecular weight excluding hydrogens is 246 g/mol. The molecule has 2 rings (SSSR count). The summed E-state index contributed by atoms with van der Waals surface area (Å²) in [4.78, 5) is 4.92. The van der Waals surface area contributed by atoms with Crippen LogP contribution in [0.2, 0.25) is 0 Å². The average Bonchev–Trinajstić information content (AvgIpc) is 2.67. The summed E-state index contributed by atoms with van der Waals surface area (Å²) in [6.07, 6.45) is 0. The number of hydrogen-bond acceptors (Lipinski definition) is 5. The van der Waals surface area contributed by atoms with Crippen LogP contribution in [0, 0.1) is 0 Å². The SMILES string of the molecule is COc1ccc(C(C)C)cc1-c1sc(N)nc1N. The molecule has 4 nitrogen and oxygen atoms in total. The minimum absolute atomic E-state index is 0.446. The Kier molecular flexibility index (Phi) is 3.43. The van der Waals surface area contributed by atoms with Crippen LogP contribution in [0.4, 0.5) is 10.9 Å². The van der Waals surface area contributed by atoms with Crippen molar-refractivity contribution in [3.8, 4) is 16.2 Å². The molecule has 2 aromatic rings. The number of nitrogens with zero attached hydrogens (tertiary/aromatic N) is 1. The summed E-state index contributed by atoms with van der Waals surface area (Å²) in [5.74, 6) is 1.69. The lowest BCUT2D eigenvalue weighted by molar-refractivity contribution is 0.416. The molecule has 4 N–H and O–H groups in total. The van der Waals surface area contributed by atoms with Gasteiger partial charge in [0, 0.05) is 5.56 Å². The van der Waals surface area contributed by atoms with Gasteiger partial charge < -0.3 is 16.2 Å². The average molecular weight is 263 g/mol. The van der Waals surface area contributed by atoms with E-state index in [0.717, 1.165) is 16.2 Å². The highest BCUT2D eigenvalue weighted by atomic mass is 32.1. The van der Waals surface area contributed by atoms with Crippen LogP contribution in [-0.2, 0) is 0 Å². The second-order valence-corrected chi connectivity index (χ2v) is 5.41. The van der Waals surface area contributed by atoms with Crippen LogP contribution in [0.3, 0.4) is 0 Å². The fourth-order valence-corrected chi connectivity index (χ4v) is 2.58. The maximum absolute atomic E-state index is 5.89. The first-order valence-corrected chi connectivity index (χ1v) is 6.54. The van der Waals surface area contributed by atoms with Crippen LogP contribution in [0.15, 0.2) is 18.2 Å². The van der Waals surface area contributed by atoms with Crippen LogP contribution >= 0.6 is 11.3 Å². The summed E-state index contributed by atoms with van der Waals surface area (Å²) in [5.41, 5.74) is 13.8. The quantitative estimate of drug-likeness (QED) is 0.892. The van der Waals surface area contributed by atoms with Gasteiger partial charge >= 0.3 is 0 Å². The number of ether oxygens (including phenoxy) is 1. The minimum Gasteiger partial charge on any atom is -0.496 e. The molecule has 0 spiro atoms. The molecule has 1 aromatic carbocycles. The Balaban J connectivity index is 2.60. The Morgan fingerprint density at radius 3 is 2.50 bits per heavy atom. The van der Waals surface area contributed by atoms with Crippen molar-refractivity contribution < 1.29 is 4.74 Å². The van der Waals surface area contributed by atoms with E-state index >= 15 is 0 Å². The molecule has 0 aliphatic heterocycles. The van der Waals surface area contributed by atoms with Crippen molar-refractivity contribution in [2.75, 3.05) is 18.6 Å². The number of hydrogen-bond donors (Lipinski definition) is 2. The number of rotatable bonds is 3. The highest BCUT2D eigenvalue weighted by molar-refractivity contribution is 7.19. The van der Waals surface area contributed by atoms with Crippen LogP contribution in [-0.4, -0.2) is 12.1 Å². The standard InChI is InChI=1S/C13H17N3OS/c1-7(2)8-4-5-10(17-3)9(6-8)11-12(14)16-13(15)18-11/h4-7H,14H2,1-3H3,(H2,15,16). The van der Waals surface area contributed by atoms with Gasteiger partial charge in [0.15, 0.2) is 5.13 Å². The molecule has 0 radical (unpaired) electrons. The van der Waals surface area contributed by atoms with Gasteiger partial charge in [0.25, 0.3) is 0 Å². The van der Waals surface area contributed by atoms with E-state index in [9.17, 15) is 0 Å². The molecule has 0 amide bonds. The Morgan fingerprint density at radius 1 is 1.28 bits per heavy atom. The van der Waals surface area contributed by atoms with E-state index in [1.807, 2.05) is 6.07 Å². The van der Waals surface area contributed by atoms with Gasteiger partial charge in [-0.25, -0.2) is 4.98 Å². The second-order valence-electron chi connectivity index (χ2n) is 4.38. The van der Waals surface area contributed by atoms with Gasteiger partial charge in [-0.1, -0.05) is 31.3 Å². The van der Waals surface area contributed by atoms with Gasteiger partial charge in [0.2, 0.25) is 0 Å². The molecule has 0 unspecified atom stereocenters. The minimum atomic E-state index is 0.446. The van der Waals surface area contributed by atoms with Crippen LogP contribution < -0.4 is 16.2 Å². The highest BCUT2D eigenvalue weighted by Crippen LogP contribution is 2.40. The van der Waals surface area contributed by atoms with Gasteiger partial charge in [-0.2, -0.15) is 0 Å². The zero-order valence-electron chi connectivity index (χ0n) is 10.7. The lowest BCUT2D eigenvalue weighted by atomic mass is 9.99. The maximum Gasteiger partial charge on any atom is 0.182 e. The Bertz CT molecular complexity index is 563. The summed E-state index contributed by atoms with van der Waals surface area (Å²) in [6.45, 7) is 4.30. The van der Waals surface area contributed by atoms with Crippen molar-refractivity contribution >= 4 is 22.3 Å². The Hall–Kier alpha value is -1.75. The highest BCUT2D eigenvalue weighted by Gasteiger charge is 2.15. The summed E-state index contributed by atoms with van der Waals surface area (Å²) >= 11 is 1.38. The van der Waals surface area contributed by atoms with Gasteiger partial charge in [-0.3, -0.25) is 0 Å². The van der Waals surface area contributed by atoms with Gasteiger partial charge in [0.1, 0.15) is 11.6 Å². The zero-order chi connectivity index (χ0) is 13.3. The van der Waals surface area contributed by atoms with E-state index in [0.29, 0.717) is 16.9 Å². The zero-order valence-corrected chi connectivity index (χ0v) is 11.5. The maximum atomic E-state index is 5.89. The van der Waals surface area contributed by atoms with E-state index in [-0.39, 0.29) is 0 Å². The van der Waals surface area contributed by atoms with Crippen LogP contribution in [0.1, 0.15) is 25.3 Å². The van der Waals surface area contributed by atoms with E-state index in [1.165, 1.54) is 16.9 Å². The van der Waals surface area contributed by atoms with E-state index in [4.69, 9.17) is 16.2 Å². The predicted octanol–water partition coefficient (Wildman–Crippen LogP) is 3.11. The molecule has 1 heterocycles. The fraction of sp³-hybridized carbons (Fsp3) is 0.308. The number of methoxy groups -OCH3 is 1. The van der Waals surface area contributed by atoms with Gasteiger partial charge in [-0.15, -0.1) is 0 Å². The normalized spacial score (nSPS) is 10.9. The monoisotopic (exact) mass is 263 g/mol. The summed E-state index contributed by atoms with van der Waals surface area (Å²) in [6, 6.07) is 6.11. The molecule has 5 heteroatoms. The number of benzene rings is 1. The van der Waals surface area contributed by atoms with Crippen molar-refractivity contribution in [1.29, 1.82) is 0 Å². The van der Waals surface area contributed by atoms with E-state index < -0.39 is 0 Å². The molecule has 0 saturated carbocycles. The molecule has 1 aromatic heterocycles. The van der Waals surface area contributed by atoms with Crippen LogP contribution in [0.25, 0.3) is 10.4 Å². The van der Waals surface area contributed by atoms with Crippen molar-refractivity contribution in [3.05, 3.63) is 23.8 Å². The molecule has 0 aliphatic carbocycles. The number of anilines is 2. The molecule has 0 bridgehead atoms. The number of thiazole rings is 1. The molecule has 18 heavy (non-hydrogen) atoms. The molecular formula is C13H17N3OS. The van der Waals surface area contributed by atoms with Crippen molar-refractivity contribution in [2.24, 2.45) is 0 Å². The Morgan fingerprint density at radius 2 is 2.00 bits per heavy atom. The van der Waals surface area contributed by atoms with Gasteiger partial charge in [-0.05, 0) is 23.6 Å². The smallest absolute Gasteiger partial charge is 0.182 e. The predicted molar refractivity (Wildman–Crippen MR) is 77.0 cm³/mol. The van der Waals surface area contributed by atoms with Crippen molar-refractivity contribution in [3.63, 3.8) is 0 Å².